The molecule has 0 fully saturated rings. The standard InChI is InChI=1S/C16H15BrN2O2S/c1-21-15-8-5-12(9-14(15)17)16(20)19-18-10-11-3-6-13(22-2)7-4-11/h3-10H,1-2H3,(H,19,20). The molecule has 2 aromatic rings. The lowest BCUT2D eigenvalue weighted by Gasteiger charge is -2.05. The maximum Gasteiger partial charge on any atom is 0.271 e. The summed E-state index contributed by atoms with van der Waals surface area (Å²) in [7, 11) is 1.58. The first-order valence-electron chi connectivity index (χ1n) is 6.45. The molecule has 0 spiro atoms. The molecular formula is C16H15BrN2O2S. The van der Waals surface area contributed by atoms with Gasteiger partial charge in [0, 0.05) is 10.5 Å². The number of rotatable bonds is 5. The number of methoxy groups -OCH3 is 1. The zero-order valence-electron chi connectivity index (χ0n) is 12.2. The average molecular weight is 379 g/mol. The van der Waals surface area contributed by atoms with Crippen LogP contribution in [0.15, 0.2) is 56.9 Å². The number of ether oxygens (including phenoxy) is 1. The molecule has 2 aromatic carbocycles. The summed E-state index contributed by atoms with van der Waals surface area (Å²) in [5, 5.41) is 3.97. The summed E-state index contributed by atoms with van der Waals surface area (Å²) < 4.78 is 5.85. The first-order valence-corrected chi connectivity index (χ1v) is 8.47. The summed E-state index contributed by atoms with van der Waals surface area (Å²) in [6.45, 7) is 0. The molecule has 6 heteroatoms. The van der Waals surface area contributed by atoms with Crippen LogP contribution in [-0.4, -0.2) is 25.5 Å². The van der Waals surface area contributed by atoms with Gasteiger partial charge in [-0.2, -0.15) is 5.10 Å². The SMILES string of the molecule is COc1ccc(C(=O)NN=Cc2ccc(SC)cc2)cc1Br. The number of halogens is 1. The fourth-order valence-electron chi connectivity index (χ4n) is 1.73. The minimum atomic E-state index is -0.277. The molecule has 114 valence electrons. The Kier molecular flexibility index (Phi) is 6.03. The molecule has 0 aliphatic rings. The van der Waals surface area contributed by atoms with Crippen molar-refractivity contribution in [3.63, 3.8) is 0 Å². The van der Waals surface area contributed by atoms with Gasteiger partial charge in [-0.3, -0.25) is 4.79 Å². The summed E-state index contributed by atoms with van der Waals surface area (Å²) in [5.74, 6) is 0.397. The van der Waals surface area contributed by atoms with E-state index in [0.717, 1.165) is 10.0 Å². The minimum Gasteiger partial charge on any atom is -0.496 e. The lowest BCUT2D eigenvalue weighted by Crippen LogP contribution is -2.17. The van der Waals surface area contributed by atoms with Crippen LogP contribution in [-0.2, 0) is 0 Å². The predicted octanol–water partition coefficient (Wildman–Crippen LogP) is 3.94. The monoisotopic (exact) mass is 378 g/mol. The molecule has 2 rings (SSSR count). The molecule has 0 aliphatic carbocycles. The van der Waals surface area contributed by atoms with Crippen molar-refractivity contribution in [3.8, 4) is 5.75 Å². The quantitative estimate of drug-likeness (QED) is 0.486. The highest BCUT2D eigenvalue weighted by Gasteiger charge is 2.07. The molecule has 0 aliphatic heterocycles. The van der Waals surface area contributed by atoms with Gasteiger partial charge < -0.3 is 4.74 Å². The smallest absolute Gasteiger partial charge is 0.271 e. The maximum absolute atomic E-state index is 12.0. The number of hydrazone groups is 1. The second-order valence-corrected chi connectivity index (χ2v) is 6.06. The summed E-state index contributed by atoms with van der Waals surface area (Å²) in [5.41, 5.74) is 3.93. The Morgan fingerprint density at radius 1 is 1.27 bits per heavy atom. The van der Waals surface area contributed by atoms with Crippen molar-refractivity contribution in [2.45, 2.75) is 4.90 Å². The Balaban J connectivity index is 1.99. The Morgan fingerprint density at radius 3 is 2.59 bits per heavy atom. The van der Waals surface area contributed by atoms with Crippen LogP contribution in [0.25, 0.3) is 0 Å². The van der Waals surface area contributed by atoms with E-state index in [1.807, 2.05) is 30.5 Å². The van der Waals surface area contributed by atoms with E-state index in [1.54, 1.807) is 43.3 Å². The first-order chi connectivity index (χ1) is 10.6. The number of amides is 1. The van der Waals surface area contributed by atoms with Gasteiger partial charge >= 0.3 is 0 Å². The third-order valence-corrected chi connectivity index (χ3v) is 4.27. The number of benzene rings is 2. The van der Waals surface area contributed by atoms with Crippen LogP contribution in [0.1, 0.15) is 15.9 Å². The number of hydrogen-bond acceptors (Lipinski definition) is 4. The van der Waals surface area contributed by atoms with E-state index in [2.05, 4.69) is 26.5 Å². The van der Waals surface area contributed by atoms with Crippen molar-refractivity contribution in [1.82, 2.24) is 5.43 Å². The summed E-state index contributed by atoms with van der Waals surface area (Å²) in [4.78, 5) is 13.2. The van der Waals surface area contributed by atoms with Gasteiger partial charge in [-0.1, -0.05) is 12.1 Å². The van der Waals surface area contributed by atoms with Crippen molar-refractivity contribution >= 4 is 39.8 Å². The first kappa shape index (κ1) is 16.6. The average Bonchev–Trinajstić information content (AvgIpc) is 2.55. The van der Waals surface area contributed by atoms with Gasteiger partial charge in [0.1, 0.15) is 5.75 Å². The zero-order chi connectivity index (χ0) is 15.9. The van der Waals surface area contributed by atoms with Crippen LogP contribution in [0.2, 0.25) is 0 Å². The third-order valence-electron chi connectivity index (χ3n) is 2.91. The van der Waals surface area contributed by atoms with Crippen LogP contribution in [0.5, 0.6) is 5.75 Å². The predicted molar refractivity (Wildman–Crippen MR) is 94.0 cm³/mol. The van der Waals surface area contributed by atoms with Gasteiger partial charge in [0.2, 0.25) is 0 Å². The van der Waals surface area contributed by atoms with Crippen LogP contribution in [0, 0.1) is 0 Å². The molecule has 0 radical (unpaired) electrons. The van der Waals surface area contributed by atoms with Crippen LogP contribution < -0.4 is 10.2 Å². The summed E-state index contributed by atoms with van der Waals surface area (Å²) in [6, 6.07) is 13.0. The number of carbonyl (C=O) groups excluding carboxylic acids is 1. The molecule has 4 nitrogen and oxygen atoms in total. The minimum absolute atomic E-state index is 0.277. The molecule has 1 N–H and O–H groups in total. The van der Waals surface area contributed by atoms with Gasteiger partial charge in [-0.25, -0.2) is 5.43 Å². The topological polar surface area (TPSA) is 50.7 Å². The highest BCUT2D eigenvalue weighted by molar-refractivity contribution is 9.10. The Labute approximate surface area is 142 Å². The van der Waals surface area contributed by atoms with E-state index in [-0.39, 0.29) is 5.91 Å². The number of nitrogens with zero attached hydrogens (tertiary/aromatic N) is 1. The van der Waals surface area contributed by atoms with E-state index >= 15 is 0 Å². The second kappa shape index (κ2) is 8.00. The van der Waals surface area contributed by atoms with Gasteiger partial charge in [0.25, 0.3) is 5.91 Å². The Bertz CT molecular complexity index is 687. The van der Waals surface area contributed by atoms with Crippen molar-refractivity contribution in [1.29, 1.82) is 0 Å². The van der Waals surface area contributed by atoms with Crippen molar-refractivity contribution < 1.29 is 9.53 Å². The second-order valence-electron chi connectivity index (χ2n) is 4.32. The fourth-order valence-corrected chi connectivity index (χ4v) is 2.68. The largest absolute Gasteiger partial charge is 0.496 e. The van der Waals surface area contributed by atoms with E-state index in [0.29, 0.717) is 11.3 Å². The van der Waals surface area contributed by atoms with Gasteiger partial charge in [0.05, 0.1) is 17.8 Å². The van der Waals surface area contributed by atoms with Gasteiger partial charge in [0.15, 0.2) is 0 Å². The molecule has 0 bridgehead atoms. The van der Waals surface area contributed by atoms with E-state index in [1.165, 1.54) is 4.90 Å². The summed E-state index contributed by atoms with van der Waals surface area (Å²) >= 11 is 5.03. The number of carbonyl (C=O) groups is 1. The van der Waals surface area contributed by atoms with Gasteiger partial charge in [-0.05, 0) is 58.1 Å². The molecular weight excluding hydrogens is 364 g/mol. The van der Waals surface area contributed by atoms with E-state index < -0.39 is 0 Å². The van der Waals surface area contributed by atoms with Gasteiger partial charge in [-0.15, -0.1) is 11.8 Å². The Morgan fingerprint density at radius 2 is 2.00 bits per heavy atom. The molecule has 0 heterocycles. The zero-order valence-corrected chi connectivity index (χ0v) is 14.6. The molecule has 0 saturated heterocycles. The van der Waals surface area contributed by atoms with E-state index in [9.17, 15) is 4.79 Å². The lowest BCUT2D eigenvalue weighted by molar-refractivity contribution is 0.0955. The number of hydrogen-bond donors (Lipinski definition) is 1. The van der Waals surface area contributed by atoms with Crippen LogP contribution in [0.4, 0.5) is 0 Å². The summed E-state index contributed by atoms with van der Waals surface area (Å²) in [6.07, 6.45) is 3.64. The third kappa shape index (κ3) is 4.35. The Hall–Kier alpha value is -1.79. The van der Waals surface area contributed by atoms with Crippen molar-refractivity contribution in [2.24, 2.45) is 5.10 Å². The molecule has 22 heavy (non-hydrogen) atoms. The lowest BCUT2D eigenvalue weighted by atomic mass is 10.2. The van der Waals surface area contributed by atoms with Crippen LogP contribution >= 0.6 is 27.7 Å². The highest BCUT2D eigenvalue weighted by Crippen LogP contribution is 2.25. The molecule has 0 atom stereocenters. The normalized spacial score (nSPS) is 10.7. The van der Waals surface area contributed by atoms with Crippen molar-refractivity contribution in [3.05, 3.63) is 58.1 Å². The number of nitrogens with one attached hydrogen (secondary N) is 1. The van der Waals surface area contributed by atoms with Crippen molar-refractivity contribution in [2.75, 3.05) is 13.4 Å². The molecule has 0 unspecified atom stereocenters. The maximum atomic E-state index is 12.0. The molecule has 0 aromatic heterocycles. The molecule has 1 amide bonds. The number of thioether (sulfide) groups is 1. The van der Waals surface area contributed by atoms with E-state index in [4.69, 9.17) is 4.74 Å². The highest BCUT2D eigenvalue weighted by atomic mass is 79.9. The molecule has 0 saturated carbocycles. The van der Waals surface area contributed by atoms with Crippen LogP contribution in [0.3, 0.4) is 0 Å². The fraction of sp³-hybridized carbons (Fsp3) is 0.125.